The Morgan fingerprint density at radius 2 is 2.29 bits per heavy atom. The summed E-state index contributed by atoms with van der Waals surface area (Å²) in [5.74, 6) is 0. The van der Waals surface area contributed by atoms with Crippen LogP contribution < -0.4 is 5.32 Å². The normalized spacial score (nSPS) is 14.2. The average molecular weight is 291 g/mol. The Hall–Kier alpha value is -1.27. The van der Waals surface area contributed by atoms with Crippen molar-refractivity contribution in [3.05, 3.63) is 39.9 Å². The fourth-order valence-electron chi connectivity index (χ4n) is 2.11. The highest BCUT2D eigenvalue weighted by molar-refractivity contribution is 9.10. The maximum Gasteiger partial charge on any atom is 0.103 e. The van der Waals surface area contributed by atoms with E-state index < -0.39 is 0 Å². The highest BCUT2D eigenvalue weighted by atomic mass is 79.9. The summed E-state index contributed by atoms with van der Waals surface area (Å²) in [4.78, 5) is 0. The van der Waals surface area contributed by atoms with Crippen molar-refractivity contribution in [3.8, 4) is 6.07 Å². The lowest BCUT2D eigenvalue weighted by Gasteiger charge is -2.09. The summed E-state index contributed by atoms with van der Waals surface area (Å²) in [7, 11) is 0. The van der Waals surface area contributed by atoms with Crippen molar-refractivity contribution in [2.75, 3.05) is 11.9 Å². The van der Waals surface area contributed by atoms with Gasteiger partial charge in [-0.1, -0.05) is 17.7 Å². The first kappa shape index (κ1) is 12.2. The molecule has 0 fully saturated rings. The molecule has 0 aliphatic heterocycles. The topological polar surface area (TPSA) is 35.8 Å². The lowest BCUT2D eigenvalue weighted by molar-refractivity contribution is 0.863. The standard InChI is InChI=1S/C14H15BrN2/c15-13-6-3-7-14(12(13)10-16)17-9-8-11-4-1-2-5-11/h3-4,6-7,17H,1-2,5,8-9H2. The zero-order chi connectivity index (χ0) is 12.1. The Morgan fingerprint density at radius 1 is 1.41 bits per heavy atom. The maximum atomic E-state index is 9.08. The molecular formula is C14H15BrN2. The summed E-state index contributed by atoms with van der Waals surface area (Å²) in [6, 6.07) is 8.01. The van der Waals surface area contributed by atoms with Crippen molar-refractivity contribution >= 4 is 21.6 Å². The molecule has 0 spiro atoms. The summed E-state index contributed by atoms with van der Waals surface area (Å²) in [6.45, 7) is 0.900. The smallest absolute Gasteiger partial charge is 0.103 e. The van der Waals surface area contributed by atoms with Crippen molar-refractivity contribution in [1.29, 1.82) is 5.26 Å². The molecule has 1 N–H and O–H groups in total. The molecule has 1 aliphatic carbocycles. The second kappa shape index (κ2) is 5.88. The second-order valence-electron chi connectivity index (χ2n) is 4.21. The van der Waals surface area contributed by atoms with Crippen molar-refractivity contribution in [3.63, 3.8) is 0 Å². The van der Waals surface area contributed by atoms with Gasteiger partial charge >= 0.3 is 0 Å². The van der Waals surface area contributed by atoms with E-state index in [0.717, 1.165) is 23.1 Å². The number of nitrogens with one attached hydrogen (secondary N) is 1. The predicted molar refractivity (Wildman–Crippen MR) is 73.9 cm³/mol. The first-order valence-electron chi connectivity index (χ1n) is 5.91. The van der Waals surface area contributed by atoms with Crippen molar-refractivity contribution in [2.24, 2.45) is 0 Å². The minimum absolute atomic E-state index is 0.688. The Bertz CT molecular complexity index is 472. The lowest BCUT2D eigenvalue weighted by atomic mass is 10.1. The maximum absolute atomic E-state index is 9.08. The van der Waals surface area contributed by atoms with Crippen LogP contribution in [0.5, 0.6) is 0 Å². The molecule has 3 heteroatoms. The van der Waals surface area contributed by atoms with E-state index in [1.807, 2.05) is 18.2 Å². The fraction of sp³-hybridized carbons (Fsp3) is 0.357. The Morgan fingerprint density at radius 3 is 3.00 bits per heavy atom. The van der Waals surface area contributed by atoms with Crippen LogP contribution in [0.25, 0.3) is 0 Å². The van der Waals surface area contributed by atoms with Crippen molar-refractivity contribution < 1.29 is 0 Å². The molecule has 0 aromatic heterocycles. The SMILES string of the molecule is N#Cc1c(Br)cccc1NCCC1=CCCC1. The van der Waals surface area contributed by atoms with Gasteiger partial charge in [-0.15, -0.1) is 0 Å². The monoisotopic (exact) mass is 290 g/mol. The van der Waals surface area contributed by atoms with E-state index in [4.69, 9.17) is 5.26 Å². The van der Waals surface area contributed by atoms with Gasteiger partial charge in [0, 0.05) is 11.0 Å². The van der Waals surface area contributed by atoms with Gasteiger partial charge in [0.25, 0.3) is 0 Å². The van der Waals surface area contributed by atoms with Gasteiger partial charge in [-0.2, -0.15) is 5.26 Å². The van der Waals surface area contributed by atoms with Gasteiger partial charge in [-0.3, -0.25) is 0 Å². The lowest BCUT2D eigenvalue weighted by Crippen LogP contribution is -2.04. The van der Waals surface area contributed by atoms with Crippen LogP contribution >= 0.6 is 15.9 Å². The highest BCUT2D eigenvalue weighted by Gasteiger charge is 2.07. The number of allylic oxidation sites excluding steroid dienone is 1. The molecule has 88 valence electrons. The van der Waals surface area contributed by atoms with Crippen LogP contribution in [0.3, 0.4) is 0 Å². The number of hydrogen-bond donors (Lipinski definition) is 1. The number of hydrogen-bond acceptors (Lipinski definition) is 2. The van der Waals surface area contributed by atoms with Gasteiger partial charge in [-0.05, 0) is 53.7 Å². The zero-order valence-electron chi connectivity index (χ0n) is 9.67. The molecular weight excluding hydrogens is 276 g/mol. The average Bonchev–Trinajstić information content (AvgIpc) is 2.82. The summed E-state index contributed by atoms with van der Waals surface area (Å²) in [5.41, 5.74) is 3.15. The summed E-state index contributed by atoms with van der Waals surface area (Å²) >= 11 is 3.39. The van der Waals surface area contributed by atoms with Crippen LogP contribution in [0.2, 0.25) is 0 Å². The predicted octanol–water partition coefficient (Wildman–Crippen LogP) is 4.23. The van der Waals surface area contributed by atoms with Gasteiger partial charge in [0.2, 0.25) is 0 Å². The van der Waals surface area contributed by atoms with Crippen LogP contribution in [-0.4, -0.2) is 6.54 Å². The second-order valence-corrected chi connectivity index (χ2v) is 5.06. The fourth-order valence-corrected chi connectivity index (χ4v) is 2.56. The van der Waals surface area contributed by atoms with Gasteiger partial charge < -0.3 is 5.32 Å². The molecule has 0 radical (unpaired) electrons. The molecule has 1 aromatic carbocycles. The van der Waals surface area contributed by atoms with Crippen molar-refractivity contribution in [2.45, 2.75) is 25.7 Å². The number of nitrogens with zero attached hydrogens (tertiary/aromatic N) is 1. The third-order valence-corrected chi connectivity index (χ3v) is 3.68. The number of anilines is 1. The van der Waals surface area contributed by atoms with E-state index in [0.29, 0.717) is 5.56 Å². The molecule has 0 heterocycles. The van der Waals surface area contributed by atoms with Crippen LogP contribution in [0.15, 0.2) is 34.3 Å². The molecule has 2 rings (SSSR count). The van der Waals surface area contributed by atoms with Crippen LogP contribution in [0.4, 0.5) is 5.69 Å². The number of benzene rings is 1. The Kier molecular flexibility index (Phi) is 4.22. The van der Waals surface area contributed by atoms with Gasteiger partial charge in [0.05, 0.1) is 11.3 Å². The van der Waals surface area contributed by atoms with Crippen LogP contribution in [0.1, 0.15) is 31.2 Å². The van der Waals surface area contributed by atoms with E-state index >= 15 is 0 Å². The van der Waals surface area contributed by atoms with Crippen molar-refractivity contribution in [1.82, 2.24) is 0 Å². The molecule has 17 heavy (non-hydrogen) atoms. The van der Waals surface area contributed by atoms with E-state index in [9.17, 15) is 0 Å². The van der Waals surface area contributed by atoms with Crippen LogP contribution in [-0.2, 0) is 0 Å². The first-order chi connectivity index (χ1) is 8.31. The highest BCUT2D eigenvalue weighted by Crippen LogP contribution is 2.25. The minimum Gasteiger partial charge on any atom is -0.384 e. The van der Waals surface area contributed by atoms with E-state index in [1.165, 1.54) is 19.3 Å². The van der Waals surface area contributed by atoms with E-state index in [1.54, 1.807) is 5.57 Å². The van der Waals surface area contributed by atoms with Gasteiger partial charge in [0.1, 0.15) is 6.07 Å². The zero-order valence-corrected chi connectivity index (χ0v) is 11.3. The Balaban J connectivity index is 1.95. The summed E-state index contributed by atoms with van der Waals surface area (Å²) in [6.07, 6.45) is 7.20. The molecule has 2 nitrogen and oxygen atoms in total. The van der Waals surface area contributed by atoms with Gasteiger partial charge in [-0.25, -0.2) is 0 Å². The molecule has 0 bridgehead atoms. The molecule has 0 unspecified atom stereocenters. The van der Waals surface area contributed by atoms with E-state index in [-0.39, 0.29) is 0 Å². The number of halogens is 1. The summed E-state index contributed by atoms with van der Waals surface area (Å²) in [5, 5.41) is 12.4. The van der Waals surface area contributed by atoms with E-state index in [2.05, 4.69) is 33.4 Å². The third-order valence-electron chi connectivity index (χ3n) is 3.02. The number of nitriles is 1. The minimum atomic E-state index is 0.688. The van der Waals surface area contributed by atoms with Crippen LogP contribution in [0, 0.1) is 11.3 Å². The molecule has 1 aromatic rings. The largest absolute Gasteiger partial charge is 0.384 e. The summed E-state index contributed by atoms with van der Waals surface area (Å²) < 4.78 is 0.852. The number of rotatable bonds is 4. The molecule has 0 saturated heterocycles. The molecule has 0 amide bonds. The van der Waals surface area contributed by atoms with Gasteiger partial charge in [0.15, 0.2) is 0 Å². The molecule has 0 atom stereocenters. The molecule has 0 saturated carbocycles. The molecule has 1 aliphatic rings. The quantitative estimate of drug-likeness (QED) is 0.842. The Labute approximate surface area is 110 Å². The first-order valence-corrected chi connectivity index (χ1v) is 6.71. The third kappa shape index (κ3) is 3.10.